The largest absolute Gasteiger partial charge is 0.490 e. The number of aliphatic carboxylic acids is 1. The summed E-state index contributed by atoms with van der Waals surface area (Å²) in [5.74, 6) is -3.87. The Balaban J connectivity index is 0.000000451. The van der Waals surface area contributed by atoms with Crippen LogP contribution in [-0.2, 0) is 20.9 Å². The summed E-state index contributed by atoms with van der Waals surface area (Å²) < 4.78 is 33.2. The van der Waals surface area contributed by atoms with Gasteiger partial charge in [-0.3, -0.25) is 24.5 Å². The molecule has 0 aliphatic carbocycles. The molecule has 0 saturated carbocycles. The van der Waals surface area contributed by atoms with Crippen LogP contribution in [0, 0.1) is 0 Å². The maximum atomic E-state index is 13.2. The van der Waals surface area contributed by atoms with E-state index in [1.807, 2.05) is 17.0 Å². The number of imide groups is 1. The van der Waals surface area contributed by atoms with E-state index < -0.39 is 24.1 Å². The number of fused-ring (bicyclic) bond motifs is 2. The van der Waals surface area contributed by atoms with Gasteiger partial charge in [0.1, 0.15) is 6.04 Å². The molecule has 3 unspecified atom stereocenters. The highest BCUT2D eigenvalue weighted by Gasteiger charge is 2.42. The van der Waals surface area contributed by atoms with E-state index in [0.717, 1.165) is 37.9 Å². The Kier molecular flexibility index (Phi) is 7.74. The second-order valence-electron chi connectivity index (χ2n) is 10.6. The van der Waals surface area contributed by atoms with Crippen molar-refractivity contribution >= 4 is 29.6 Å². The first-order chi connectivity index (χ1) is 19.8. The number of nitrogens with one attached hydrogen (secondary N) is 1. The van der Waals surface area contributed by atoms with Crippen LogP contribution in [0.3, 0.4) is 0 Å². The molecular weight excluding hydrogens is 563 g/mol. The summed E-state index contributed by atoms with van der Waals surface area (Å²) in [6, 6.07) is 5.33. The fourth-order valence-electron chi connectivity index (χ4n) is 5.99. The molecule has 2 N–H and O–H groups in total. The van der Waals surface area contributed by atoms with Crippen LogP contribution >= 0.6 is 0 Å². The van der Waals surface area contributed by atoms with Crippen LogP contribution in [0.4, 0.5) is 13.2 Å². The van der Waals surface area contributed by atoms with Crippen molar-refractivity contribution < 1.29 is 42.3 Å². The molecule has 13 nitrogen and oxygen atoms in total. The summed E-state index contributed by atoms with van der Waals surface area (Å²) in [6.07, 6.45) is 0.115. The third-order valence-electron chi connectivity index (χ3n) is 8.08. The first-order valence-corrected chi connectivity index (χ1v) is 13.4. The number of carboxylic acids is 1. The van der Waals surface area contributed by atoms with Gasteiger partial charge in [-0.1, -0.05) is 11.3 Å². The van der Waals surface area contributed by atoms with Crippen molar-refractivity contribution in [2.75, 3.05) is 20.1 Å². The van der Waals surface area contributed by atoms with E-state index in [1.165, 1.54) is 9.58 Å². The summed E-state index contributed by atoms with van der Waals surface area (Å²) in [4.78, 5) is 64.8. The van der Waals surface area contributed by atoms with Crippen LogP contribution in [0.1, 0.15) is 58.5 Å². The van der Waals surface area contributed by atoms with Crippen molar-refractivity contribution in [1.29, 1.82) is 0 Å². The van der Waals surface area contributed by atoms with E-state index in [1.54, 1.807) is 12.3 Å². The van der Waals surface area contributed by atoms with Crippen molar-refractivity contribution in [2.24, 2.45) is 0 Å². The predicted molar refractivity (Wildman–Crippen MR) is 136 cm³/mol. The molecule has 42 heavy (non-hydrogen) atoms. The lowest BCUT2D eigenvalue weighted by atomic mass is 9.97. The van der Waals surface area contributed by atoms with Gasteiger partial charge in [0, 0.05) is 37.2 Å². The summed E-state index contributed by atoms with van der Waals surface area (Å²) in [7, 11) is 2.12. The number of carboxylic acid groups (broad SMARTS) is 1. The molecule has 1 aromatic carbocycles. The van der Waals surface area contributed by atoms with Crippen LogP contribution in [0.15, 0.2) is 24.4 Å². The van der Waals surface area contributed by atoms with Crippen LogP contribution < -0.4 is 5.32 Å². The number of hydrogen-bond acceptors (Lipinski definition) is 8. The summed E-state index contributed by atoms with van der Waals surface area (Å²) in [5, 5.41) is 17.7. The Morgan fingerprint density at radius 1 is 1.07 bits per heavy atom. The molecule has 3 fully saturated rings. The van der Waals surface area contributed by atoms with E-state index in [0.29, 0.717) is 30.3 Å². The first-order valence-electron chi connectivity index (χ1n) is 13.4. The lowest BCUT2D eigenvalue weighted by Crippen LogP contribution is -2.52. The highest BCUT2D eigenvalue weighted by atomic mass is 19.4. The number of alkyl halides is 3. The van der Waals surface area contributed by atoms with Gasteiger partial charge in [0.2, 0.25) is 11.8 Å². The van der Waals surface area contributed by atoms with Crippen LogP contribution in [-0.4, -0.2) is 109 Å². The maximum Gasteiger partial charge on any atom is 0.490 e. The second-order valence-corrected chi connectivity index (χ2v) is 10.6. The van der Waals surface area contributed by atoms with Gasteiger partial charge in [0.05, 0.1) is 11.9 Å². The van der Waals surface area contributed by atoms with E-state index >= 15 is 0 Å². The van der Waals surface area contributed by atoms with Gasteiger partial charge in [0.15, 0.2) is 5.69 Å². The smallest absolute Gasteiger partial charge is 0.475 e. The molecule has 5 heterocycles. The van der Waals surface area contributed by atoms with E-state index in [9.17, 15) is 32.3 Å². The summed E-state index contributed by atoms with van der Waals surface area (Å²) in [5.41, 5.74) is 2.20. The molecule has 4 amide bonds. The van der Waals surface area contributed by atoms with Crippen LogP contribution in [0.5, 0.6) is 0 Å². The zero-order valence-corrected chi connectivity index (χ0v) is 22.5. The molecule has 3 atom stereocenters. The molecule has 0 bridgehead atoms. The maximum absolute atomic E-state index is 13.2. The Bertz CT molecular complexity index is 1440. The number of carbonyl (C=O) groups excluding carboxylic acids is 4. The number of aromatic nitrogens is 3. The number of carbonyl (C=O) groups is 5. The number of benzene rings is 1. The molecule has 1 aromatic heterocycles. The third kappa shape index (κ3) is 5.57. The Hall–Kier alpha value is -4.34. The average molecular weight is 592 g/mol. The number of piperidine rings is 2. The van der Waals surface area contributed by atoms with E-state index in [4.69, 9.17) is 9.90 Å². The molecule has 224 valence electrons. The molecule has 0 radical (unpaired) electrons. The number of halogens is 3. The predicted octanol–water partition coefficient (Wildman–Crippen LogP) is 0.970. The lowest BCUT2D eigenvalue weighted by molar-refractivity contribution is -0.192. The fourth-order valence-corrected chi connectivity index (χ4v) is 5.99. The normalized spacial score (nSPS) is 24.1. The van der Waals surface area contributed by atoms with Crippen molar-refractivity contribution in [3.63, 3.8) is 0 Å². The number of rotatable bonds is 3. The number of amides is 4. The molecule has 4 aliphatic heterocycles. The molecule has 0 spiro atoms. The Labute approximate surface area is 237 Å². The van der Waals surface area contributed by atoms with Gasteiger partial charge in [-0.15, -0.1) is 5.10 Å². The third-order valence-corrected chi connectivity index (χ3v) is 8.08. The summed E-state index contributed by atoms with van der Waals surface area (Å²) in [6.45, 7) is 2.10. The molecular formula is C26H28F3N7O6. The van der Waals surface area contributed by atoms with Crippen molar-refractivity contribution in [1.82, 2.24) is 35.0 Å². The summed E-state index contributed by atoms with van der Waals surface area (Å²) >= 11 is 0. The Morgan fingerprint density at radius 2 is 1.81 bits per heavy atom. The molecule has 4 aliphatic rings. The van der Waals surface area contributed by atoms with Gasteiger partial charge >= 0.3 is 12.1 Å². The van der Waals surface area contributed by atoms with Crippen molar-refractivity contribution in [3.8, 4) is 5.69 Å². The zero-order valence-electron chi connectivity index (χ0n) is 22.5. The van der Waals surface area contributed by atoms with E-state index in [-0.39, 0.29) is 35.9 Å². The van der Waals surface area contributed by atoms with Crippen molar-refractivity contribution in [2.45, 2.75) is 63.0 Å². The molecule has 3 saturated heterocycles. The highest BCUT2D eigenvalue weighted by molar-refractivity contribution is 6.05. The van der Waals surface area contributed by atoms with E-state index in [2.05, 4.69) is 27.6 Å². The standard InChI is InChI=1S/C24H27N7O4.C2HF3O2/c1-28-9-2-3-19-18(28)8-10-29(19)24(35)17-13-31(27-26-17)15-5-4-14-12-30(23(34)16(14)11-15)20-6-7-21(32)25-22(20)33;3-2(4,5)1(6)7/h4-5,11,13,18-20H,2-3,6-10,12H2,1H3,(H,25,32,33);(H,6,7). The van der Waals surface area contributed by atoms with Gasteiger partial charge in [0.25, 0.3) is 11.8 Å². The monoisotopic (exact) mass is 591 g/mol. The second kappa shape index (κ2) is 11.2. The molecule has 6 rings (SSSR count). The number of likely N-dealkylation sites (N-methyl/N-ethyl adjacent to an activating group) is 1. The zero-order chi connectivity index (χ0) is 30.3. The van der Waals surface area contributed by atoms with Gasteiger partial charge in [-0.25, -0.2) is 9.48 Å². The van der Waals surface area contributed by atoms with Crippen LogP contribution in [0.25, 0.3) is 5.69 Å². The minimum Gasteiger partial charge on any atom is -0.475 e. The highest BCUT2D eigenvalue weighted by Crippen LogP contribution is 2.31. The number of likely N-dealkylation sites (tertiary alicyclic amines) is 2. The SMILES string of the molecule is CN1CCCC2C1CCN2C(=O)c1cn(-c2ccc3c(c2)C(=O)N(C2CCC(=O)NC2=O)C3)nn1.O=C(O)C(F)(F)F. The fraction of sp³-hybridized carbons (Fsp3) is 0.500. The van der Waals surface area contributed by atoms with Gasteiger partial charge in [-0.2, -0.15) is 13.2 Å². The van der Waals surface area contributed by atoms with Gasteiger partial charge in [-0.05, 0) is 57.0 Å². The first kappa shape index (κ1) is 29.2. The molecule has 16 heteroatoms. The van der Waals surface area contributed by atoms with Gasteiger partial charge < -0.3 is 19.8 Å². The topological polar surface area (TPSA) is 158 Å². The average Bonchev–Trinajstić information content (AvgIpc) is 3.67. The van der Waals surface area contributed by atoms with Crippen molar-refractivity contribution in [3.05, 3.63) is 41.2 Å². The quantitative estimate of drug-likeness (QED) is 0.496. The Morgan fingerprint density at radius 3 is 2.50 bits per heavy atom. The minimum absolute atomic E-state index is 0.111. The van der Waals surface area contributed by atoms with Crippen LogP contribution in [0.2, 0.25) is 0 Å². The number of hydrogen-bond donors (Lipinski definition) is 2. The minimum atomic E-state index is -5.08. The molecule has 2 aromatic rings. The lowest BCUT2D eigenvalue weighted by Gasteiger charge is -2.37. The number of nitrogens with zero attached hydrogens (tertiary/aromatic N) is 6.